The molecule has 4 N–H and O–H groups in total. The Kier molecular flexibility index (Phi) is 6.74. The van der Waals surface area contributed by atoms with Crippen LogP contribution in [0.1, 0.15) is 6.42 Å². The van der Waals surface area contributed by atoms with E-state index in [1.165, 1.54) is 0 Å². The zero-order valence-corrected chi connectivity index (χ0v) is 10.8. The number of rotatable bonds is 7. The lowest BCUT2D eigenvalue weighted by molar-refractivity contribution is 0.135. The molecule has 0 saturated heterocycles. The number of phosphoric acid groups is 2. The first-order valence-corrected chi connectivity index (χ1v) is 7.79. The minimum Gasteiger partial charge on any atom is -0.392 e. The highest BCUT2D eigenvalue weighted by atomic mass is 79.9. The number of aliphatic hydroxyl groups is 1. The fourth-order valence-corrected chi connectivity index (χ4v) is 2.46. The van der Waals surface area contributed by atoms with Gasteiger partial charge in [-0.15, -0.1) is 0 Å². The van der Waals surface area contributed by atoms with Crippen molar-refractivity contribution >= 4 is 31.6 Å². The quantitative estimate of drug-likeness (QED) is 0.389. The van der Waals surface area contributed by atoms with Gasteiger partial charge in [0, 0.05) is 5.33 Å². The van der Waals surface area contributed by atoms with Gasteiger partial charge in [0.05, 0.1) is 12.7 Å². The van der Waals surface area contributed by atoms with Crippen molar-refractivity contribution in [2.24, 2.45) is 0 Å². The van der Waals surface area contributed by atoms with E-state index in [0.29, 0.717) is 0 Å². The summed E-state index contributed by atoms with van der Waals surface area (Å²) in [6.45, 7) is -0.361. The molecule has 0 amide bonds. The third-order valence-corrected chi connectivity index (χ3v) is 4.03. The van der Waals surface area contributed by atoms with Crippen molar-refractivity contribution in [2.75, 3.05) is 11.9 Å². The second kappa shape index (κ2) is 6.44. The molecule has 1 unspecified atom stereocenters. The molecule has 0 aromatic heterocycles. The molecule has 8 nitrogen and oxygen atoms in total. The first-order chi connectivity index (χ1) is 6.66. The molecule has 0 fully saturated rings. The summed E-state index contributed by atoms with van der Waals surface area (Å²) in [7, 11) is -9.84. The van der Waals surface area contributed by atoms with E-state index in [1.807, 2.05) is 0 Å². The van der Waals surface area contributed by atoms with Crippen molar-refractivity contribution in [2.45, 2.75) is 12.5 Å². The van der Waals surface area contributed by atoms with Crippen molar-refractivity contribution < 1.29 is 37.8 Å². The Labute approximate surface area is 94.2 Å². The summed E-state index contributed by atoms with van der Waals surface area (Å²) in [6.07, 6.45) is -0.750. The summed E-state index contributed by atoms with van der Waals surface area (Å²) >= 11 is 2.95. The smallest absolute Gasteiger partial charge is 0.392 e. The van der Waals surface area contributed by atoms with E-state index in [0.717, 1.165) is 0 Å². The first-order valence-electron chi connectivity index (χ1n) is 3.64. The Hall–Kier alpha value is 0.700. The van der Waals surface area contributed by atoms with Gasteiger partial charge in [-0.25, -0.2) is 9.13 Å². The molecule has 11 heteroatoms. The number of hydrogen-bond acceptors (Lipinski definition) is 5. The fraction of sp³-hybridized carbons (Fsp3) is 1.00. The van der Waals surface area contributed by atoms with Crippen molar-refractivity contribution in [1.82, 2.24) is 0 Å². The summed E-state index contributed by atoms with van der Waals surface area (Å²) in [5.41, 5.74) is 0. The molecule has 0 aromatic rings. The van der Waals surface area contributed by atoms with Gasteiger partial charge in [-0.2, -0.15) is 4.31 Å². The lowest BCUT2D eigenvalue weighted by atomic mass is 10.3. The molecule has 0 rings (SSSR count). The second-order valence-corrected chi connectivity index (χ2v) is 5.95. The molecule has 2 atom stereocenters. The topological polar surface area (TPSA) is 134 Å². The number of aliphatic hydroxyl groups excluding tert-OH is 1. The molecule has 0 saturated carbocycles. The van der Waals surface area contributed by atoms with Gasteiger partial charge in [0.15, 0.2) is 0 Å². The minimum atomic E-state index is -5.07. The molecule has 0 heterocycles. The standard InChI is InChI=1S/C4H11BrO8P2/c5-3-4(6)1-2-12-15(10,11)13-14(7,8)9/h4,6H,1-3H2,(H,10,11)(H2,7,8,9)/t4-/m0/s1. The zero-order chi connectivity index (χ0) is 12.1. The predicted molar refractivity (Wildman–Crippen MR) is 53.3 cm³/mol. The highest BCUT2D eigenvalue weighted by molar-refractivity contribution is 9.09. The first kappa shape index (κ1) is 15.7. The van der Waals surface area contributed by atoms with Gasteiger partial charge >= 0.3 is 15.6 Å². The molecule has 0 bridgehead atoms. The van der Waals surface area contributed by atoms with Gasteiger partial charge in [0.2, 0.25) is 0 Å². The molecule has 0 spiro atoms. The highest BCUT2D eigenvalue weighted by Crippen LogP contribution is 2.57. The SMILES string of the molecule is O=P(O)(O)OP(=O)(O)OCC[C@H](O)CBr. The number of phosphoric ester groups is 1. The Balaban J connectivity index is 3.95. The highest BCUT2D eigenvalue weighted by Gasteiger charge is 2.32. The van der Waals surface area contributed by atoms with Gasteiger partial charge in [0.25, 0.3) is 0 Å². The van der Waals surface area contributed by atoms with Crippen LogP contribution in [-0.2, 0) is 18.0 Å². The average Bonchev–Trinajstić information content (AvgIpc) is 1.98. The molecule has 92 valence electrons. The number of alkyl halides is 1. The van der Waals surface area contributed by atoms with Crippen LogP contribution in [0.5, 0.6) is 0 Å². The van der Waals surface area contributed by atoms with Crippen LogP contribution in [0.3, 0.4) is 0 Å². The third kappa shape index (κ3) is 9.62. The number of hydrogen-bond donors (Lipinski definition) is 4. The lowest BCUT2D eigenvalue weighted by Crippen LogP contribution is -2.11. The Morgan fingerprint density at radius 2 is 1.80 bits per heavy atom. The summed E-state index contributed by atoms with van der Waals surface area (Å²) in [6, 6.07) is 0. The molecule has 15 heavy (non-hydrogen) atoms. The van der Waals surface area contributed by atoms with Crippen LogP contribution in [-0.4, -0.2) is 37.8 Å². The number of halogens is 1. The van der Waals surface area contributed by atoms with Crippen LogP contribution in [0, 0.1) is 0 Å². The Morgan fingerprint density at radius 1 is 1.27 bits per heavy atom. The van der Waals surface area contributed by atoms with Crippen LogP contribution in [0.25, 0.3) is 0 Å². The maximum absolute atomic E-state index is 10.8. The van der Waals surface area contributed by atoms with Crippen LogP contribution >= 0.6 is 31.6 Å². The van der Waals surface area contributed by atoms with E-state index in [2.05, 4.69) is 24.8 Å². The summed E-state index contributed by atoms with van der Waals surface area (Å²) in [4.78, 5) is 25.2. The molecule has 0 radical (unpaired) electrons. The summed E-state index contributed by atoms with van der Waals surface area (Å²) in [5, 5.41) is 9.25. The maximum Gasteiger partial charge on any atom is 0.481 e. The molecular formula is C4H11BrO8P2. The van der Waals surface area contributed by atoms with Crippen LogP contribution in [0.2, 0.25) is 0 Å². The summed E-state index contributed by atoms with van der Waals surface area (Å²) in [5.74, 6) is 0. The van der Waals surface area contributed by atoms with E-state index in [-0.39, 0.29) is 18.4 Å². The molecule has 0 aliphatic rings. The largest absolute Gasteiger partial charge is 0.481 e. The molecule has 0 aromatic carbocycles. The van der Waals surface area contributed by atoms with E-state index in [1.54, 1.807) is 0 Å². The lowest BCUT2D eigenvalue weighted by Gasteiger charge is -2.13. The van der Waals surface area contributed by atoms with Crippen LogP contribution in [0.4, 0.5) is 0 Å². The van der Waals surface area contributed by atoms with Gasteiger partial charge in [-0.3, -0.25) is 4.52 Å². The fourth-order valence-electron chi connectivity index (χ4n) is 0.539. The third-order valence-electron chi connectivity index (χ3n) is 1.09. The van der Waals surface area contributed by atoms with Gasteiger partial charge in [0.1, 0.15) is 0 Å². The van der Waals surface area contributed by atoms with Crippen molar-refractivity contribution in [3.8, 4) is 0 Å². The minimum absolute atomic E-state index is 0.0281. The maximum atomic E-state index is 10.8. The zero-order valence-electron chi connectivity index (χ0n) is 7.39. The average molecular weight is 329 g/mol. The molecule has 0 aliphatic heterocycles. The normalized spacial score (nSPS) is 18.5. The van der Waals surface area contributed by atoms with Gasteiger partial charge in [-0.1, -0.05) is 15.9 Å². The van der Waals surface area contributed by atoms with Crippen molar-refractivity contribution in [3.05, 3.63) is 0 Å². The van der Waals surface area contributed by atoms with Crippen molar-refractivity contribution in [3.63, 3.8) is 0 Å². The van der Waals surface area contributed by atoms with E-state index in [4.69, 9.17) is 19.8 Å². The van der Waals surface area contributed by atoms with Crippen LogP contribution < -0.4 is 0 Å². The van der Waals surface area contributed by atoms with E-state index >= 15 is 0 Å². The van der Waals surface area contributed by atoms with Gasteiger partial charge < -0.3 is 19.8 Å². The van der Waals surface area contributed by atoms with Crippen molar-refractivity contribution in [1.29, 1.82) is 0 Å². The van der Waals surface area contributed by atoms with E-state index < -0.39 is 21.7 Å². The predicted octanol–water partition coefficient (Wildman–Crippen LogP) is 0.359. The Morgan fingerprint density at radius 3 is 2.20 bits per heavy atom. The summed E-state index contributed by atoms with van der Waals surface area (Å²) < 4.78 is 28.7. The van der Waals surface area contributed by atoms with E-state index in [9.17, 15) is 9.13 Å². The monoisotopic (exact) mass is 328 g/mol. The second-order valence-electron chi connectivity index (χ2n) is 2.47. The molecular weight excluding hydrogens is 318 g/mol. The molecule has 0 aliphatic carbocycles. The van der Waals surface area contributed by atoms with Gasteiger partial charge in [-0.05, 0) is 6.42 Å². The Bertz CT molecular complexity index is 276. The van der Waals surface area contributed by atoms with Crippen LogP contribution in [0.15, 0.2) is 0 Å².